The van der Waals surface area contributed by atoms with Gasteiger partial charge in [-0.3, -0.25) is 0 Å². The number of benzene rings is 2. The van der Waals surface area contributed by atoms with Gasteiger partial charge in [0.05, 0.1) is 7.11 Å². The zero-order chi connectivity index (χ0) is 14.4. The second kappa shape index (κ2) is 4.48. The smallest absolute Gasteiger partial charge is 0.231 e. The third-order valence-corrected chi connectivity index (χ3v) is 3.79. The largest absolute Gasteiger partial charge is 0.508 e. The van der Waals surface area contributed by atoms with E-state index in [0.29, 0.717) is 28.7 Å². The van der Waals surface area contributed by atoms with Crippen LogP contribution in [-0.2, 0) is 12.8 Å². The van der Waals surface area contributed by atoms with Crippen LogP contribution in [0, 0.1) is 0 Å². The zero-order valence-electron chi connectivity index (χ0n) is 11.5. The Kier molecular flexibility index (Phi) is 2.60. The fourth-order valence-corrected chi connectivity index (χ4v) is 2.74. The van der Waals surface area contributed by atoms with Crippen molar-refractivity contribution in [2.75, 3.05) is 13.9 Å². The molecule has 0 saturated heterocycles. The Hall–Kier alpha value is -2.56. The van der Waals surface area contributed by atoms with Crippen molar-refractivity contribution in [1.29, 1.82) is 0 Å². The van der Waals surface area contributed by atoms with Gasteiger partial charge in [-0.15, -0.1) is 0 Å². The first-order valence-corrected chi connectivity index (χ1v) is 6.75. The van der Waals surface area contributed by atoms with E-state index in [1.54, 1.807) is 19.2 Å². The molecular formula is C16H14O5. The van der Waals surface area contributed by atoms with Crippen molar-refractivity contribution in [2.24, 2.45) is 0 Å². The molecule has 0 aromatic heterocycles. The van der Waals surface area contributed by atoms with Crippen molar-refractivity contribution in [3.05, 3.63) is 35.4 Å². The molecule has 0 saturated carbocycles. The number of methoxy groups -OCH3 is 1. The van der Waals surface area contributed by atoms with Gasteiger partial charge in [0, 0.05) is 11.6 Å². The van der Waals surface area contributed by atoms with E-state index in [9.17, 15) is 5.11 Å². The first kappa shape index (κ1) is 12.2. The number of hydrogen-bond acceptors (Lipinski definition) is 5. The predicted molar refractivity (Wildman–Crippen MR) is 74.7 cm³/mol. The first-order chi connectivity index (χ1) is 10.3. The summed E-state index contributed by atoms with van der Waals surface area (Å²) in [6.45, 7) is 0.151. The highest BCUT2D eigenvalue weighted by Gasteiger charge is 2.29. The molecule has 2 heterocycles. The van der Waals surface area contributed by atoms with Crippen molar-refractivity contribution in [3.63, 3.8) is 0 Å². The van der Waals surface area contributed by atoms with Gasteiger partial charge >= 0.3 is 0 Å². The monoisotopic (exact) mass is 286 g/mol. The number of ether oxygens (including phenoxy) is 4. The SMILES string of the molecule is COc1cc2c(c3c1OCO3)Oc1cc(O)ccc1CC2. The van der Waals surface area contributed by atoms with Gasteiger partial charge in [-0.1, -0.05) is 6.07 Å². The quantitative estimate of drug-likeness (QED) is 0.873. The minimum absolute atomic E-state index is 0.151. The minimum atomic E-state index is 0.151. The number of phenolic OH excluding ortho intramolecular Hbond substituents is 1. The van der Waals surface area contributed by atoms with Gasteiger partial charge in [-0.2, -0.15) is 0 Å². The van der Waals surface area contributed by atoms with E-state index in [-0.39, 0.29) is 12.5 Å². The van der Waals surface area contributed by atoms with Crippen LogP contribution in [-0.4, -0.2) is 19.0 Å². The lowest BCUT2D eigenvalue weighted by molar-refractivity contribution is 0.169. The molecular weight excluding hydrogens is 272 g/mol. The minimum Gasteiger partial charge on any atom is -0.508 e. The topological polar surface area (TPSA) is 57.2 Å². The third-order valence-electron chi connectivity index (χ3n) is 3.79. The Morgan fingerprint density at radius 2 is 1.81 bits per heavy atom. The van der Waals surface area contributed by atoms with Crippen molar-refractivity contribution in [1.82, 2.24) is 0 Å². The standard InChI is InChI=1S/C16H14O5/c1-18-13-6-10-3-2-9-4-5-11(17)7-12(9)21-14(10)16-15(13)19-8-20-16/h4-7,17H,2-3,8H2,1H3. The lowest BCUT2D eigenvalue weighted by atomic mass is 10.0. The fraction of sp³-hybridized carbons (Fsp3) is 0.250. The van der Waals surface area contributed by atoms with E-state index in [1.807, 2.05) is 12.1 Å². The normalized spacial score (nSPS) is 14.7. The second-order valence-corrected chi connectivity index (χ2v) is 5.03. The number of aryl methyl sites for hydroxylation is 2. The molecule has 0 amide bonds. The molecule has 0 spiro atoms. The van der Waals surface area contributed by atoms with E-state index < -0.39 is 0 Å². The molecule has 2 aromatic rings. The summed E-state index contributed by atoms with van der Waals surface area (Å²) in [4.78, 5) is 0. The summed E-state index contributed by atoms with van der Waals surface area (Å²) in [7, 11) is 1.61. The average Bonchev–Trinajstić information content (AvgIpc) is 2.90. The van der Waals surface area contributed by atoms with Crippen LogP contribution in [0.25, 0.3) is 0 Å². The average molecular weight is 286 g/mol. The van der Waals surface area contributed by atoms with Crippen LogP contribution in [0.5, 0.6) is 34.5 Å². The summed E-state index contributed by atoms with van der Waals surface area (Å²) in [5, 5.41) is 9.65. The molecule has 5 heteroatoms. The summed E-state index contributed by atoms with van der Waals surface area (Å²) < 4.78 is 22.4. The van der Waals surface area contributed by atoms with Crippen LogP contribution in [0.15, 0.2) is 24.3 Å². The zero-order valence-corrected chi connectivity index (χ0v) is 11.5. The van der Waals surface area contributed by atoms with Crippen molar-refractivity contribution in [2.45, 2.75) is 12.8 Å². The summed E-state index contributed by atoms with van der Waals surface area (Å²) in [5.74, 6) is 3.27. The maximum atomic E-state index is 9.65. The Morgan fingerprint density at radius 1 is 1.00 bits per heavy atom. The summed E-state index contributed by atoms with van der Waals surface area (Å²) >= 11 is 0. The van der Waals surface area contributed by atoms with Crippen LogP contribution in [0.1, 0.15) is 11.1 Å². The highest BCUT2D eigenvalue weighted by atomic mass is 16.7. The fourth-order valence-electron chi connectivity index (χ4n) is 2.74. The highest BCUT2D eigenvalue weighted by Crippen LogP contribution is 2.52. The van der Waals surface area contributed by atoms with Gasteiger partial charge in [-0.25, -0.2) is 0 Å². The highest BCUT2D eigenvalue weighted by molar-refractivity contribution is 5.65. The predicted octanol–water partition coefficient (Wildman–Crippen LogP) is 3.02. The van der Waals surface area contributed by atoms with Crippen molar-refractivity contribution >= 4 is 0 Å². The number of phenols is 1. The summed E-state index contributed by atoms with van der Waals surface area (Å²) in [6, 6.07) is 7.10. The van der Waals surface area contributed by atoms with E-state index in [0.717, 1.165) is 24.0 Å². The number of aromatic hydroxyl groups is 1. The van der Waals surface area contributed by atoms with Gasteiger partial charge in [0.25, 0.3) is 0 Å². The molecule has 0 unspecified atom stereocenters. The van der Waals surface area contributed by atoms with Crippen LogP contribution in [0.2, 0.25) is 0 Å². The van der Waals surface area contributed by atoms with Gasteiger partial charge < -0.3 is 24.1 Å². The van der Waals surface area contributed by atoms with Gasteiger partial charge in [0.15, 0.2) is 11.5 Å². The maximum absolute atomic E-state index is 9.65. The molecule has 0 bridgehead atoms. The molecule has 2 aromatic carbocycles. The Balaban J connectivity index is 1.88. The molecule has 2 aliphatic heterocycles. The molecule has 0 radical (unpaired) electrons. The van der Waals surface area contributed by atoms with E-state index in [2.05, 4.69) is 0 Å². The summed E-state index contributed by atoms with van der Waals surface area (Å²) in [6.07, 6.45) is 1.63. The molecule has 1 N–H and O–H groups in total. The molecule has 0 fully saturated rings. The molecule has 4 rings (SSSR count). The van der Waals surface area contributed by atoms with Crippen LogP contribution in [0.3, 0.4) is 0 Å². The molecule has 5 nitrogen and oxygen atoms in total. The number of fused-ring (bicyclic) bond motifs is 4. The lowest BCUT2D eigenvalue weighted by Crippen LogP contribution is -1.94. The first-order valence-electron chi connectivity index (χ1n) is 6.75. The second-order valence-electron chi connectivity index (χ2n) is 5.03. The van der Waals surface area contributed by atoms with Gasteiger partial charge in [0.1, 0.15) is 11.5 Å². The molecule has 2 aliphatic rings. The lowest BCUT2D eigenvalue weighted by Gasteiger charge is -2.13. The van der Waals surface area contributed by atoms with Gasteiger partial charge in [0.2, 0.25) is 18.3 Å². The Labute approximate surface area is 121 Å². The van der Waals surface area contributed by atoms with Crippen LogP contribution < -0.4 is 18.9 Å². The number of hydrogen-bond donors (Lipinski definition) is 1. The molecule has 108 valence electrons. The van der Waals surface area contributed by atoms with E-state index in [1.165, 1.54) is 0 Å². The van der Waals surface area contributed by atoms with Gasteiger partial charge in [-0.05, 0) is 30.5 Å². The van der Waals surface area contributed by atoms with E-state index in [4.69, 9.17) is 18.9 Å². The van der Waals surface area contributed by atoms with Crippen molar-refractivity contribution < 1.29 is 24.1 Å². The summed E-state index contributed by atoms with van der Waals surface area (Å²) in [5.41, 5.74) is 2.06. The van der Waals surface area contributed by atoms with Crippen molar-refractivity contribution in [3.8, 4) is 34.5 Å². The van der Waals surface area contributed by atoms with E-state index >= 15 is 0 Å². The van der Waals surface area contributed by atoms with Crippen LogP contribution in [0.4, 0.5) is 0 Å². The maximum Gasteiger partial charge on any atom is 0.231 e. The molecule has 21 heavy (non-hydrogen) atoms. The van der Waals surface area contributed by atoms with Crippen LogP contribution >= 0.6 is 0 Å². The molecule has 0 aliphatic carbocycles. The third kappa shape index (κ3) is 1.85. The molecule has 0 atom stereocenters. The Bertz CT molecular complexity index is 723. The number of rotatable bonds is 1. The Morgan fingerprint density at radius 3 is 2.67 bits per heavy atom.